The van der Waals surface area contributed by atoms with Crippen LogP contribution in [0.15, 0.2) is 60.8 Å². The minimum absolute atomic E-state index is 0.00480. The molecule has 26 heavy (non-hydrogen) atoms. The number of aryl methyl sites for hydroxylation is 1. The molecule has 1 aliphatic rings. The fraction of sp³-hybridized carbons (Fsp3) is 0.182. The molecule has 5 rings (SSSR count). The van der Waals surface area contributed by atoms with Gasteiger partial charge in [-0.25, -0.2) is 4.98 Å². The number of hydrogen-bond donors (Lipinski definition) is 1. The first-order valence-electron chi connectivity index (χ1n) is 8.92. The molecular formula is C22H19N3O. The fourth-order valence-corrected chi connectivity index (χ4v) is 3.95. The van der Waals surface area contributed by atoms with Gasteiger partial charge in [0.15, 0.2) is 0 Å². The molecule has 0 radical (unpaired) electrons. The monoisotopic (exact) mass is 341 g/mol. The molecule has 0 unspecified atom stereocenters. The lowest BCUT2D eigenvalue weighted by Gasteiger charge is -2.16. The maximum absolute atomic E-state index is 12.3. The number of carbonyl (C=O) groups excluding carboxylic acids is 1. The van der Waals surface area contributed by atoms with Crippen LogP contribution < -0.4 is 5.32 Å². The third-order valence-corrected chi connectivity index (χ3v) is 5.24. The summed E-state index contributed by atoms with van der Waals surface area (Å²) < 4.78 is 2.14. The van der Waals surface area contributed by atoms with Crippen LogP contribution in [0, 0.1) is 6.92 Å². The van der Waals surface area contributed by atoms with Gasteiger partial charge in [0.2, 0.25) is 5.91 Å². The van der Waals surface area contributed by atoms with Crippen molar-refractivity contribution in [3.63, 3.8) is 0 Å². The molecule has 4 aromatic rings. The summed E-state index contributed by atoms with van der Waals surface area (Å²) in [4.78, 5) is 17.1. The molecule has 0 saturated heterocycles. The maximum atomic E-state index is 12.3. The van der Waals surface area contributed by atoms with Crippen molar-refractivity contribution in [2.45, 2.75) is 25.8 Å². The van der Waals surface area contributed by atoms with Gasteiger partial charge in [-0.15, -0.1) is 0 Å². The molecule has 0 bridgehead atoms. The van der Waals surface area contributed by atoms with Crippen molar-refractivity contribution in [1.82, 2.24) is 14.7 Å². The molecular weight excluding hydrogens is 322 g/mol. The van der Waals surface area contributed by atoms with Gasteiger partial charge in [0.1, 0.15) is 5.65 Å². The van der Waals surface area contributed by atoms with Gasteiger partial charge in [-0.05, 0) is 41.0 Å². The van der Waals surface area contributed by atoms with Crippen LogP contribution in [-0.2, 0) is 11.3 Å². The summed E-state index contributed by atoms with van der Waals surface area (Å²) in [5.74, 6) is 0.0665. The summed E-state index contributed by atoms with van der Waals surface area (Å²) in [7, 11) is 0. The average Bonchev–Trinajstić information content (AvgIpc) is 2.92. The minimum Gasteiger partial charge on any atom is -0.350 e. The zero-order chi connectivity index (χ0) is 17.7. The van der Waals surface area contributed by atoms with Crippen molar-refractivity contribution in [2.24, 2.45) is 0 Å². The Hall–Kier alpha value is -3.14. The largest absolute Gasteiger partial charge is 0.350 e. The number of aromatic nitrogens is 2. The molecule has 0 saturated carbocycles. The van der Waals surface area contributed by atoms with E-state index in [1.165, 1.54) is 16.3 Å². The summed E-state index contributed by atoms with van der Waals surface area (Å²) in [6.45, 7) is 2.56. The molecule has 2 aromatic heterocycles. The van der Waals surface area contributed by atoms with Crippen molar-refractivity contribution in [3.8, 4) is 0 Å². The van der Waals surface area contributed by atoms with Crippen LogP contribution in [0.5, 0.6) is 0 Å². The Kier molecular flexibility index (Phi) is 3.32. The van der Waals surface area contributed by atoms with Crippen LogP contribution in [-0.4, -0.2) is 15.3 Å². The van der Waals surface area contributed by atoms with E-state index in [1.54, 1.807) is 0 Å². The van der Waals surface area contributed by atoms with Crippen molar-refractivity contribution >= 4 is 22.3 Å². The van der Waals surface area contributed by atoms with Crippen LogP contribution >= 0.6 is 0 Å². The van der Waals surface area contributed by atoms with Crippen LogP contribution in [0.25, 0.3) is 16.4 Å². The third kappa shape index (κ3) is 2.37. The number of benzene rings is 2. The van der Waals surface area contributed by atoms with Crippen molar-refractivity contribution in [2.75, 3.05) is 0 Å². The van der Waals surface area contributed by atoms with E-state index in [1.807, 2.05) is 12.1 Å². The number of pyridine rings is 1. The second-order valence-corrected chi connectivity index (χ2v) is 7.02. The molecule has 2 aromatic carbocycles. The first-order chi connectivity index (χ1) is 12.7. The normalized spacial score (nSPS) is 17.1. The predicted molar refractivity (Wildman–Crippen MR) is 102 cm³/mol. The first kappa shape index (κ1) is 15.1. The van der Waals surface area contributed by atoms with Crippen LogP contribution in [0.2, 0.25) is 0 Å². The van der Waals surface area contributed by atoms with Gasteiger partial charge >= 0.3 is 0 Å². The molecule has 1 aliphatic heterocycles. The predicted octanol–water partition coefficient (Wildman–Crippen LogP) is 3.95. The number of rotatable bonds is 1. The molecule has 128 valence electrons. The molecule has 3 heterocycles. The van der Waals surface area contributed by atoms with E-state index >= 15 is 0 Å². The molecule has 0 aliphatic carbocycles. The van der Waals surface area contributed by atoms with Crippen molar-refractivity contribution in [3.05, 3.63) is 83.3 Å². The van der Waals surface area contributed by atoms with Crippen molar-refractivity contribution in [1.29, 1.82) is 0 Å². The van der Waals surface area contributed by atoms with Crippen LogP contribution in [0.1, 0.15) is 34.9 Å². The first-order valence-corrected chi connectivity index (χ1v) is 8.92. The highest BCUT2D eigenvalue weighted by atomic mass is 16.1. The number of amides is 1. The molecule has 4 nitrogen and oxygen atoms in total. The lowest BCUT2D eigenvalue weighted by Crippen LogP contribution is -2.21. The standard InChI is InChI=1S/C22H19N3O/c1-14-8-9-25-20(10-14)24-19-13-23-21(26)12-18(22(19)25)17-7-6-15-4-2-3-5-16(15)11-17/h2-11,18H,12-13H2,1H3,(H,23,26)/t18-/m0/s1. The van der Waals surface area contributed by atoms with Gasteiger partial charge in [-0.3, -0.25) is 4.79 Å². The van der Waals surface area contributed by atoms with E-state index in [-0.39, 0.29) is 11.8 Å². The third-order valence-electron chi connectivity index (χ3n) is 5.24. The zero-order valence-corrected chi connectivity index (χ0v) is 14.6. The lowest BCUT2D eigenvalue weighted by molar-refractivity contribution is -0.121. The number of hydrogen-bond acceptors (Lipinski definition) is 2. The molecule has 1 amide bonds. The number of nitrogens with one attached hydrogen (secondary N) is 1. The highest BCUT2D eigenvalue weighted by Gasteiger charge is 2.28. The van der Waals surface area contributed by atoms with Gasteiger partial charge in [0, 0.05) is 18.5 Å². The van der Waals surface area contributed by atoms with Gasteiger partial charge in [0.25, 0.3) is 0 Å². The van der Waals surface area contributed by atoms with E-state index in [4.69, 9.17) is 4.98 Å². The van der Waals surface area contributed by atoms with E-state index in [9.17, 15) is 4.79 Å². The SMILES string of the molecule is Cc1ccn2c3c(nc2c1)CNC(=O)C[C@H]3c1ccc2ccccc2c1. The maximum Gasteiger partial charge on any atom is 0.221 e. The highest BCUT2D eigenvalue weighted by molar-refractivity contribution is 5.84. The summed E-state index contributed by atoms with van der Waals surface area (Å²) in [6.07, 6.45) is 2.51. The van der Waals surface area contributed by atoms with Crippen LogP contribution in [0.4, 0.5) is 0 Å². The number of nitrogens with zero attached hydrogens (tertiary/aromatic N) is 2. The minimum atomic E-state index is -0.00480. The Bertz CT molecular complexity index is 1160. The number of carbonyl (C=O) groups is 1. The molecule has 1 N–H and O–H groups in total. The fourth-order valence-electron chi connectivity index (χ4n) is 3.95. The van der Waals surface area contributed by atoms with Crippen molar-refractivity contribution < 1.29 is 4.79 Å². The molecule has 4 heteroatoms. The van der Waals surface area contributed by atoms with E-state index < -0.39 is 0 Å². The van der Waals surface area contributed by atoms with Gasteiger partial charge in [0.05, 0.1) is 17.9 Å². The van der Waals surface area contributed by atoms with E-state index in [2.05, 4.69) is 65.3 Å². The second-order valence-electron chi connectivity index (χ2n) is 7.02. The smallest absolute Gasteiger partial charge is 0.221 e. The van der Waals surface area contributed by atoms with Gasteiger partial charge < -0.3 is 9.72 Å². The Morgan fingerprint density at radius 2 is 1.92 bits per heavy atom. The average molecular weight is 341 g/mol. The number of imidazole rings is 1. The summed E-state index contributed by atoms with van der Waals surface area (Å²) in [5, 5.41) is 5.41. The topological polar surface area (TPSA) is 46.4 Å². The Morgan fingerprint density at radius 3 is 2.81 bits per heavy atom. The second kappa shape index (κ2) is 5.70. The van der Waals surface area contributed by atoms with Gasteiger partial charge in [-0.2, -0.15) is 0 Å². The summed E-state index contributed by atoms with van der Waals surface area (Å²) >= 11 is 0. The van der Waals surface area contributed by atoms with Crippen LogP contribution in [0.3, 0.4) is 0 Å². The molecule has 0 fully saturated rings. The lowest BCUT2D eigenvalue weighted by atomic mass is 9.90. The zero-order valence-electron chi connectivity index (χ0n) is 14.6. The van der Waals surface area contributed by atoms with E-state index in [0.29, 0.717) is 13.0 Å². The van der Waals surface area contributed by atoms with E-state index in [0.717, 1.165) is 22.6 Å². The van der Waals surface area contributed by atoms with Gasteiger partial charge in [-0.1, -0.05) is 42.5 Å². The Balaban J connectivity index is 1.74. The Morgan fingerprint density at radius 1 is 1.08 bits per heavy atom. The Labute approximate surface area is 151 Å². The summed E-state index contributed by atoms with van der Waals surface area (Å²) in [6, 6.07) is 19.0. The number of fused-ring (bicyclic) bond motifs is 4. The quantitative estimate of drug-likeness (QED) is 0.570. The summed E-state index contributed by atoms with van der Waals surface area (Å²) in [5.41, 5.74) is 5.36. The molecule has 0 spiro atoms. The highest BCUT2D eigenvalue weighted by Crippen LogP contribution is 2.34. The molecule has 1 atom stereocenters.